The lowest BCUT2D eigenvalue weighted by Gasteiger charge is -2.08. The van der Waals surface area contributed by atoms with Gasteiger partial charge < -0.3 is 10.1 Å². The smallest absolute Gasteiger partial charge is 0.407 e. The lowest BCUT2D eigenvalue weighted by molar-refractivity contribution is -0.384. The maximum atomic E-state index is 11.2. The Labute approximate surface area is 110 Å². The van der Waals surface area contributed by atoms with E-state index in [4.69, 9.17) is 4.74 Å². The number of hydrogen-bond donors (Lipinski definition) is 2. The number of carbonyl (C=O) groups excluding carboxylic acids is 1. The number of thiol groups is 1. The number of nitro groups is 1. The first-order valence-corrected chi connectivity index (χ1v) is 5.82. The van der Waals surface area contributed by atoms with E-state index < -0.39 is 11.0 Å². The van der Waals surface area contributed by atoms with E-state index in [1.54, 1.807) is 12.1 Å². The third kappa shape index (κ3) is 5.05. The molecule has 1 aromatic rings. The normalized spacial score (nSPS) is 11.7. The lowest BCUT2D eigenvalue weighted by Crippen LogP contribution is -2.29. The van der Waals surface area contributed by atoms with Crippen molar-refractivity contribution in [1.29, 1.82) is 0 Å². The molecule has 1 amide bonds. The molecule has 1 rings (SSSR count). The van der Waals surface area contributed by atoms with Gasteiger partial charge in [-0.25, -0.2) is 4.79 Å². The summed E-state index contributed by atoms with van der Waals surface area (Å²) < 4.78 is 4.92. The average molecular weight is 270 g/mol. The second-order valence-corrected chi connectivity index (χ2v) is 4.61. The van der Waals surface area contributed by atoms with Crippen LogP contribution in [0.25, 0.3) is 0 Å². The number of hydrogen-bond acceptors (Lipinski definition) is 5. The van der Waals surface area contributed by atoms with Gasteiger partial charge in [0.05, 0.1) is 4.92 Å². The SMILES string of the molecule is CC(S)CNC(=O)OCc1ccc([N+](=O)[O-])cc1. The zero-order valence-corrected chi connectivity index (χ0v) is 10.7. The number of nitrogens with one attached hydrogen (secondary N) is 1. The molecule has 1 atom stereocenters. The Morgan fingerprint density at radius 2 is 2.11 bits per heavy atom. The molecule has 0 saturated heterocycles. The molecule has 98 valence electrons. The number of carbonyl (C=O) groups is 1. The van der Waals surface area contributed by atoms with Crippen molar-refractivity contribution in [2.45, 2.75) is 18.8 Å². The number of alkyl carbamates (subject to hydrolysis) is 1. The van der Waals surface area contributed by atoms with Crippen LogP contribution in [0.3, 0.4) is 0 Å². The van der Waals surface area contributed by atoms with Crippen molar-refractivity contribution < 1.29 is 14.5 Å². The molecule has 18 heavy (non-hydrogen) atoms. The van der Waals surface area contributed by atoms with Crippen molar-refractivity contribution in [3.63, 3.8) is 0 Å². The second-order valence-electron chi connectivity index (χ2n) is 3.73. The molecular formula is C11H14N2O4S. The first kappa shape index (κ1) is 14.3. The number of nitrogens with zero attached hydrogens (tertiary/aromatic N) is 1. The number of ether oxygens (including phenoxy) is 1. The molecule has 0 spiro atoms. The van der Waals surface area contributed by atoms with Gasteiger partial charge in [-0.1, -0.05) is 6.92 Å². The highest BCUT2D eigenvalue weighted by Crippen LogP contribution is 2.12. The van der Waals surface area contributed by atoms with Crippen molar-refractivity contribution in [1.82, 2.24) is 5.32 Å². The molecule has 0 radical (unpaired) electrons. The molecule has 7 heteroatoms. The number of rotatable bonds is 5. The summed E-state index contributed by atoms with van der Waals surface area (Å²) in [5.74, 6) is 0. The molecule has 6 nitrogen and oxygen atoms in total. The largest absolute Gasteiger partial charge is 0.445 e. The monoisotopic (exact) mass is 270 g/mol. The number of benzene rings is 1. The van der Waals surface area contributed by atoms with E-state index in [-0.39, 0.29) is 17.5 Å². The molecular weight excluding hydrogens is 256 g/mol. The van der Waals surface area contributed by atoms with Crippen LogP contribution in [0.5, 0.6) is 0 Å². The van der Waals surface area contributed by atoms with E-state index in [0.29, 0.717) is 12.1 Å². The zero-order chi connectivity index (χ0) is 13.5. The van der Waals surface area contributed by atoms with Crippen molar-refractivity contribution in [2.24, 2.45) is 0 Å². The van der Waals surface area contributed by atoms with Gasteiger partial charge in [-0.05, 0) is 17.7 Å². The van der Waals surface area contributed by atoms with Crippen LogP contribution in [0.15, 0.2) is 24.3 Å². The molecule has 0 saturated carbocycles. The van der Waals surface area contributed by atoms with Gasteiger partial charge in [0.25, 0.3) is 5.69 Å². The van der Waals surface area contributed by atoms with Gasteiger partial charge in [0.2, 0.25) is 0 Å². The Morgan fingerprint density at radius 3 is 2.61 bits per heavy atom. The van der Waals surface area contributed by atoms with E-state index in [9.17, 15) is 14.9 Å². The molecule has 0 aromatic heterocycles. The molecule has 0 aliphatic rings. The Morgan fingerprint density at radius 1 is 1.50 bits per heavy atom. The van der Waals surface area contributed by atoms with E-state index in [0.717, 1.165) is 0 Å². The molecule has 0 aliphatic heterocycles. The number of nitro benzene ring substituents is 1. The van der Waals surface area contributed by atoms with Crippen LogP contribution in [-0.2, 0) is 11.3 Å². The molecule has 0 fully saturated rings. The van der Waals surface area contributed by atoms with E-state index in [1.807, 2.05) is 6.92 Å². The maximum Gasteiger partial charge on any atom is 0.407 e. The highest BCUT2D eigenvalue weighted by atomic mass is 32.1. The summed E-state index contributed by atoms with van der Waals surface area (Å²) in [5, 5.41) is 13.0. The van der Waals surface area contributed by atoms with Crippen LogP contribution in [0.4, 0.5) is 10.5 Å². The predicted octanol–water partition coefficient (Wildman–Crippen LogP) is 2.14. The quantitative estimate of drug-likeness (QED) is 0.488. The van der Waals surface area contributed by atoms with Gasteiger partial charge in [0.15, 0.2) is 0 Å². The predicted molar refractivity (Wildman–Crippen MR) is 69.7 cm³/mol. The van der Waals surface area contributed by atoms with Crippen molar-refractivity contribution >= 4 is 24.4 Å². The third-order valence-corrected chi connectivity index (χ3v) is 2.24. The number of amides is 1. The van der Waals surface area contributed by atoms with Gasteiger partial charge in [-0.2, -0.15) is 12.6 Å². The minimum absolute atomic E-state index is 0.00657. The molecule has 0 aliphatic carbocycles. The van der Waals surface area contributed by atoms with Crippen LogP contribution in [0, 0.1) is 10.1 Å². The van der Waals surface area contributed by atoms with Crippen molar-refractivity contribution in [3.05, 3.63) is 39.9 Å². The fourth-order valence-corrected chi connectivity index (χ4v) is 1.24. The van der Waals surface area contributed by atoms with E-state index in [1.165, 1.54) is 12.1 Å². The van der Waals surface area contributed by atoms with Crippen LogP contribution in [0.2, 0.25) is 0 Å². The Kier molecular flexibility index (Phi) is 5.44. The maximum absolute atomic E-state index is 11.2. The van der Waals surface area contributed by atoms with Gasteiger partial charge >= 0.3 is 6.09 Å². The lowest BCUT2D eigenvalue weighted by atomic mass is 10.2. The molecule has 0 bridgehead atoms. The summed E-state index contributed by atoms with van der Waals surface area (Å²) in [5.41, 5.74) is 0.696. The fraction of sp³-hybridized carbons (Fsp3) is 0.364. The fourth-order valence-electron chi connectivity index (χ4n) is 1.14. The van der Waals surface area contributed by atoms with Crippen LogP contribution >= 0.6 is 12.6 Å². The van der Waals surface area contributed by atoms with Gasteiger partial charge in [-0.15, -0.1) is 0 Å². The van der Waals surface area contributed by atoms with Crippen LogP contribution in [-0.4, -0.2) is 22.8 Å². The summed E-state index contributed by atoms with van der Waals surface area (Å²) in [7, 11) is 0. The van der Waals surface area contributed by atoms with Crippen molar-refractivity contribution in [3.8, 4) is 0 Å². The summed E-state index contributed by atoms with van der Waals surface area (Å²) >= 11 is 4.11. The second kappa shape index (κ2) is 6.85. The van der Waals surface area contributed by atoms with Crippen LogP contribution < -0.4 is 5.32 Å². The first-order chi connectivity index (χ1) is 8.49. The van der Waals surface area contributed by atoms with E-state index in [2.05, 4.69) is 17.9 Å². The summed E-state index contributed by atoms with van der Waals surface area (Å²) in [6, 6.07) is 5.83. The minimum Gasteiger partial charge on any atom is -0.445 e. The molecule has 1 unspecified atom stereocenters. The summed E-state index contributed by atoms with van der Waals surface area (Å²) in [6.45, 7) is 2.34. The summed E-state index contributed by atoms with van der Waals surface area (Å²) in [6.07, 6.45) is -0.533. The topological polar surface area (TPSA) is 81.5 Å². The average Bonchev–Trinajstić information content (AvgIpc) is 2.34. The third-order valence-electron chi connectivity index (χ3n) is 2.06. The highest BCUT2D eigenvalue weighted by Gasteiger charge is 2.06. The van der Waals surface area contributed by atoms with Gasteiger partial charge in [0, 0.05) is 23.9 Å². The Balaban J connectivity index is 2.39. The van der Waals surface area contributed by atoms with E-state index >= 15 is 0 Å². The minimum atomic E-state index is -0.533. The highest BCUT2D eigenvalue weighted by molar-refractivity contribution is 7.80. The molecule has 1 N–H and O–H groups in total. The molecule has 1 aromatic carbocycles. The zero-order valence-electron chi connectivity index (χ0n) is 9.83. The van der Waals surface area contributed by atoms with Gasteiger partial charge in [0.1, 0.15) is 6.61 Å². The Bertz CT molecular complexity index is 420. The molecule has 0 heterocycles. The van der Waals surface area contributed by atoms with Crippen molar-refractivity contribution in [2.75, 3.05) is 6.54 Å². The summed E-state index contributed by atoms with van der Waals surface area (Å²) in [4.78, 5) is 21.2. The number of non-ortho nitro benzene ring substituents is 1. The standard InChI is InChI=1S/C11H14N2O4S/c1-8(18)6-12-11(14)17-7-9-2-4-10(5-3-9)13(15)16/h2-5,8,18H,6-7H2,1H3,(H,12,14). The van der Waals surface area contributed by atoms with Gasteiger partial charge in [-0.3, -0.25) is 10.1 Å². The first-order valence-electron chi connectivity index (χ1n) is 5.31. The van der Waals surface area contributed by atoms with Crippen LogP contribution in [0.1, 0.15) is 12.5 Å². The Hall–Kier alpha value is -1.76.